The van der Waals surface area contributed by atoms with Crippen molar-refractivity contribution in [3.63, 3.8) is 0 Å². The predicted molar refractivity (Wildman–Crippen MR) is 93.2 cm³/mol. The van der Waals surface area contributed by atoms with E-state index in [0.29, 0.717) is 30.7 Å². The van der Waals surface area contributed by atoms with Crippen molar-refractivity contribution >= 4 is 17.1 Å². The molecule has 2 N–H and O–H groups in total. The largest absolute Gasteiger partial charge is 0.340 e. The minimum absolute atomic E-state index is 0.0259. The zero-order chi connectivity index (χ0) is 18.5. The third-order valence-electron chi connectivity index (χ3n) is 5.16. The summed E-state index contributed by atoms with van der Waals surface area (Å²) < 4.78 is 3.83. The summed E-state index contributed by atoms with van der Waals surface area (Å²) in [5.41, 5.74) is 5.48. The lowest BCUT2D eigenvalue weighted by Crippen LogP contribution is -2.55. The highest BCUT2D eigenvalue weighted by Crippen LogP contribution is 2.27. The maximum Gasteiger partial charge on any atom is 0.332 e. The lowest BCUT2D eigenvalue weighted by molar-refractivity contribution is -0.135. The van der Waals surface area contributed by atoms with E-state index in [2.05, 4.69) is 4.98 Å². The first-order valence-electron chi connectivity index (χ1n) is 8.27. The zero-order valence-corrected chi connectivity index (χ0v) is 15.0. The molecule has 1 unspecified atom stereocenters. The van der Waals surface area contributed by atoms with Crippen LogP contribution in [0.2, 0.25) is 0 Å². The van der Waals surface area contributed by atoms with Gasteiger partial charge in [-0.3, -0.25) is 14.2 Å². The maximum atomic E-state index is 12.7. The van der Waals surface area contributed by atoms with Crippen LogP contribution < -0.4 is 17.0 Å². The topological polar surface area (TPSA) is 108 Å². The van der Waals surface area contributed by atoms with Gasteiger partial charge in [0.2, 0.25) is 5.91 Å². The number of carbonyl (C=O) groups is 1. The highest BCUT2D eigenvalue weighted by Gasteiger charge is 2.35. The van der Waals surface area contributed by atoms with Crippen LogP contribution in [-0.2, 0) is 25.4 Å². The quantitative estimate of drug-likeness (QED) is 0.750. The van der Waals surface area contributed by atoms with Crippen molar-refractivity contribution in [1.82, 2.24) is 23.6 Å². The number of aryl methyl sites for hydroxylation is 2. The summed E-state index contributed by atoms with van der Waals surface area (Å²) in [6.07, 6.45) is 2.18. The van der Waals surface area contributed by atoms with E-state index < -0.39 is 11.2 Å². The number of amides is 1. The van der Waals surface area contributed by atoms with Crippen LogP contribution >= 0.6 is 0 Å². The van der Waals surface area contributed by atoms with Crippen LogP contribution in [0.1, 0.15) is 20.3 Å². The second kappa shape index (κ2) is 5.83. The number of nitrogens with two attached hydrogens (primary N) is 1. The van der Waals surface area contributed by atoms with E-state index in [-0.39, 0.29) is 23.9 Å². The standard InChI is InChI=1S/C16H24N6O3/c1-16(2)8-21(6-5-10(16)17)11(23)7-22-14(24)12-13(18-9-19(12)3)20(4)15(22)25/h9-10H,5-8,17H2,1-4H3. The van der Waals surface area contributed by atoms with E-state index in [1.54, 1.807) is 23.6 Å². The predicted octanol–water partition coefficient (Wildman–Crippen LogP) is -0.980. The van der Waals surface area contributed by atoms with E-state index in [9.17, 15) is 14.4 Å². The lowest BCUT2D eigenvalue weighted by Gasteiger charge is -2.42. The van der Waals surface area contributed by atoms with E-state index in [0.717, 1.165) is 4.57 Å². The third kappa shape index (κ3) is 2.78. The molecule has 1 aliphatic heterocycles. The molecule has 0 bridgehead atoms. The molecule has 1 aliphatic rings. The van der Waals surface area contributed by atoms with Gasteiger partial charge in [0.1, 0.15) is 6.54 Å². The summed E-state index contributed by atoms with van der Waals surface area (Å²) in [6, 6.07) is 0.0259. The number of hydrogen-bond donors (Lipinski definition) is 1. The molecule has 0 aromatic carbocycles. The van der Waals surface area contributed by atoms with Gasteiger partial charge in [-0.1, -0.05) is 13.8 Å². The SMILES string of the molecule is Cn1cnc2c1c(=O)n(CC(=O)N1CCC(N)C(C)(C)C1)c(=O)n2C. The van der Waals surface area contributed by atoms with Gasteiger partial charge in [-0.15, -0.1) is 0 Å². The molecule has 1 fully saturated rings. The van der Waals surface area contributed by atoms with E-state index >= 15 is 0 Å². The van der Waals surface area contributed by atoms with Gasteiger partial charge in [-0.05, 0) is 11.8 Å². The number of rotatable bonds is 2. The Balaban J connectivity index is 1.96. The van der Waals surface area contributed by atoms with E-state index in [4.69, 9.17) is 5.73 Å². The van der Waals surface area contributed by atoms with Crippen molar-refractivity contribution in [1.29, 1.82) is 0 Å². The number of imidazole rings is 1. The molecule has 9 nitrogen and oxygen atoms in total. The average Bonchev–Trinajstić information content (AvgIpc) is 2.93. The Bertz CT molecular complexity index is 951. The molecule has 1 atom stereocenters. The number of likely N-dealkylation sites (tertiary alicyclic amines) is 1. The van der Waals surface area contributed by atoms with Gasteiger partial charge in [0.25, 0.3) is 5.56 Å². The molecule has 1 saturated heterocycles. The third-order valence-corrected chi connectivity index (χ3v) is 5.16. The van der Waals surface area contributed by atoms with Crippen molar-refractivity contribution in [2.24, 2.45) is 25.2 Å². The molecule has 0 aliphatic carbocycles. The van der Waals surface area contributed by atoms with Gasteiger partial charge < -0.3 is 15.2 Å². The molecule has 2 aromatic rings. The Labute approximate surface area is 144 Å². The average molecular weight is 348 g/mol. The first-order valence-corrected chi connectivity index (χ1v) is 8.27. The molecule has 3 heterocycles. The molecule has 0 radical (unpaired) electrons. The maximum absolute atomic E-state index is 12.7. The Hall–Kier alpha value is -2.42. The Morgan fingerprint density at radius 1 is 1.36 bits per heavy atom. The number of aromatic nitrogens is 4. The summed E-state index contributed by atoms with van der Waals surface area (Å²) in [7, 11) is 3.23. The van der Waals surface area contributed by atoms with Gasteiger partial charge in [0, 0.05) is 33.2 Å². The molecule has 2 aromatic heterocycles. The Morgan fingerprint density at radius 2 is 2.04 bits per heavy atom. The Morgan fingerprint density at radius 3 is 2.68 bits per heavy atom. The van der Waals surface area contributed by atoms with Crippen molar-refractivity contribution in [2.45, 2.75) is 32.9 Å². The minimum Gasteiger partial charge on any atom is -0.340 e. The number of hydrogen-bond acceptors (Lipinski definition) is 5. The van der Waals surface area contributed by atoms with Crippen molar-refractivity contribution in [3.05, 3.63) is 27.2 Å². The number of nitrogens with zero attached hydrogens (tertiary/aromatic N) is 5. The molecule has 25 heavy (non-hydrogen) atoms. The fraction of sp³-hybridized carbons (Fsp3) is 0.625. The molecular weight excluding hydrogens is 324 g/mol. The summed E-state index contributed by atoms with van der Waals surface area (Å²) in [5.74, 6) is -0.249. The highest BCUT2D eigenvalue weighted by molar-refractivity contribution is 5.77. The molecule has 0 saturated carbocycles. The Kier molecular flexibility index (Phi) is 4.06. The van der Waals surface area contributed by atoms with E-state index in [1.165, 1.54) is 10.9 Å². The first-order chi connectivity index (χ1) is 11.6. The molecule has 136 valence electrons. The van der Waals surface area contributed by atoms with Crippen LogP contribution in [0.4, 0.5) is 0 Å². The van der Waals surface area contributed by atoms with Gasteiger partial charge in [0.15, 0.2) is 11.2 Å². The summed E-state index contributed by atoms with van der Waals surface area (Å²) >= 11 is 0. The fourth-order valence-electron chi connectivity index (χ4n) is 3.36. The van der Waals surface area contributed by atoms with Crippen molar-refractivity contribution < 1.29 is 4.79 Å². The first kappa shape index (κ1) is 17.4. The second-order valence-corrected chi connectivity index (χ2v) is 7.46. The lowest BCUT2D eigenvalue weighted by atomic mass is 9.79. The second-order valence-electron chi connectivity index (χ2n) is 7.46. The van der Waals surface area contributed by atoms with Crippen molar-refractivity contribution in [2.75, 3.05) is 13.1 Å². The van der Waals surface area contributed by atoms with Gasteiger partial charge in [-0.2, -0.15) is 0 Å². The van der Waals surface area contributed by atoms with E-state index in [1.807, 2.05) is 13.8 Å². The molecule has 0 spiro atoms. The van der Waals surface area contributed by atoms with Crippen LogP contribution in [0.5, 0.6) is 0 Å². The molecule has 9 heteroatoms. The number of piperidine rings is 1. The van der Waals surface area contributed by atoms with Gasteiger partial charge in [0.05, 0.1) is 6.33 Å². The van der Waals surface area contributed by atoms with Crippen LogP contribution in [-0.4, -0.2) is 48.6 Å². The van der Waals surface area contributed by atoms with Gasteiger partial charge in [-0.25, -0.2) is 14.3 Å². The number of fused-ring (bicyclic) bond motifs is 1. The zero-order valence-electron chi connectivity index (χ0n) is 15.0. The highest BCUT2D eigenvalue weighted by atomic mass is 16.2. The number of carbonyl (C=O) groups excluding carboxylic acids is 1. The molecule has 3 rings (SSSR count). The monoisotopic (exact) mass is 348 g/mol. The van der Waals surface area contributed by atoms with Crippen LogP contribution in [0.3, 0.4) is 0 Å². The molecular formula is C16H24N6O3. The summed E-state index contributed by atoms with van der Waals surface area (Å²) in [5, 5.41) is 0. The summed E-state index contributed by atoms with van der Waals surface area (Å²) in [6.45, 7) is 4.80. The minimum atomic E-state index is -0.544. The summed E-state index contributed by atoms with van der Waals surface area (Å²) in [4.78, 5) is 43.6. The van der Waals surface area contributed by atoms with Gasteiger partial charge >= 0.3 is 5.69 Å². The molecule has 1 amide bonds. The van der Waals surface area contributed by atoms with Crippen LogP contribution in [0, 0.1) is 5.41 Å². The normalized spacial score (nSPS) is 20.2. The fourth-order valence-corrected chi connectivity index (χ4v) is 3.36. The van der Waals surface area contributed by atoms with Crippen molar-refractivity contribution in [3.8, 4) is 0 Å². The van der Waals surface area contributed by atoms with Crippen LogP contribution in [0.25, 0.3) is 11.2 Å². The van der Waals surface area contributed by atoms with Crippen LogP contribution in [0.15, 0.2) is 15.9 Å². The smallest absolute Gasteiger partial charge is 0.332 e.